The average Bonchev–Trinajstić information content (AvgIpc) is 3.70. The summed E-state index contributed by atoms with van der Waals surface area (Å²) in [7, 11) is 1.45. The van der Waals surface area contributed by atoms with Crippen molar-refractivity contribution in [3.8, 4) is 0 Å². The second-order valence-electron chi connectivity index (χ2n) is 12.9. The smallest absolute Gasteiger partial charge is 0.409 e. The fourth-order valence-electron chi connectivity index (χ4n) is 9.10. The summed E-state index contributed by atoms with van der Waals surface area (Å²) in [6, 6.07) is 12.4. The van der Waals surface area contributed by atoms with Gasteiger partial charge >= 0.3 is 6.09 Å². The number of hydrogen-bond donors (Lipinski definition) is 1. The first-order chi connectivity index (χ1) is 19.5. The number of benzene rings is 1. The van der Waals surface area contributed by atoms with E-state index in [1.54, 1.807) is 4.90 Å². The van der Waals surface area contributed by atoms with Crippen LogP contribution in [0, 0.1) is 18.3 Å². The van der Waals surface area contributed by atoms with Gasteiger partial charge in [0.05, 0.1) is 25.4 Å². The highest BCUT2D eigenvalue weighted by atomic mass is 16.5. The topological polar surface area (TPSA) is 79.7 Å². The molecule has 1 aromatic carbocycles. The highest BCUT2D eigenvalue weighted by Gasteiger charge is 2.69. The summed E-state index contributed by atoms with van der Waals surface area (Å²) in [5, 5.41) is 3.45. The van der Waals surface area contributed by atoms with Gasteiger partial charge in [-0.2, -0.15) is 0 Å². The fourth-order valence-corrected chi connectivity index (χ4v) is 9.10. The predicted molar refractivity (Wildman–Crippen MR) is 152 cm³/mol. The van der Waals surface area contributed by atoms with E-state index in [1.165, 1.54) is 56.9 Å². The molecule has 40 heavy (non-hydrogen) atoms. The van der Waals surface area contributed by atoms with Gasteiger partial charge in [-0.15, -0.1) is 0 Å². The van der Waals surface area contributed by atoms with Gasteiger partial charge in [0.1, 0.15) is 5.82 Å². The van der Waals surface area contributed by atoms with Gasteiger partial charge in [0.2, 0.25) is 5.91 Å². The SMILES string of the molecule is COC(=O)N1CCc2c(nc(C)n2C2CC3N(CCC(NC(=O)C4CCCC4)c4ccccc4)C4CCC43C2)C1. The molecule has 1 saturated heterocycles. The zero-order valence-corrected chi connectivity index (χ0v) is 24.0. The lowest BCUT2D eigenvalue weighted by Gasteiger charge is -2.68. The van der Waals surface area contributed by atoms with Crippen molar-refractivity contribution in [2.45, 2.75) is 102 Å². The van der Waals surface area contributed by atoms with Gasteiger partial charge in [-0.25, -0.2) is 9.78 Å². The lowest BCUT2D eigenvalue weighted by atomic mass is 9.53. The molecule has 8 nitrogen and oxygen atoms in total. The normalized spacial score (nSPS) is 30.1. The first-order valence-corrected chi connectivity index (χ1v) is 15.5. The van der Waals surface area contributed by atoms with Crippen LogP contribution in [0.3, 0.4) is 0 Å². The minimum atomic E-state index is -0.267. The first-order valence-electron chi connectivity index (χ1n) is 15.5. The Kier molecular flexibility index (Phi) is 6.64. The molecule has 1 aromatic heterocycles. The van der Waals surface area contributed by atoms with Crippen molar-refractivity contribution >= 4 is 12.0 Å². The third-order valence-electron chi connectivity index (χ3n) is 11.1. The lowest BCUT2D eigenvalue weighted by molar-refractivity contribution is -0.188. The summed E-state index contributed by atoms with van der Waals surface area (Å²) in [6.45, 7) is 4.39. The highest BCUT2D eigenvalue weighted by molar-refractivity contribution is 5.79. The van der Waals surface area contributed by atoms with Crippen LogP contribution in [0.2, 0.25) is 0 Å². The number of carbonyl (C=O) groups excluding carboxylic acids is 2. The molecule has 214 valence electrons. The van der Waals surface area contributed by atoms with Crippen LogP contribution in [0.4, 0.5) is 4.79 Å². The molecule has 4 fully saturated rings. The molecule has 5 aliphatic rings. The second kappa shape index (κ2) is 10.2. The number of aromatic nitrogens is 2. The van der Waals surface area contributed by atoms with Crippen molar-refractivity contribution in [2.24, 2.45) is 11.3 Å². The van der Waals surface area contributed by atoms with Crippen LogP contribution in [0.1, 0.15) is 92.6 Å². The number of amides is 2. The van der Waals surface area contributed by atoms with Crippen LogP contribution in [-0.2, 0) is 22.5 Å². The number of nitrogens with zero attached hydrogens (tertiary/aromatic N) is 4. The molecule has 3 saturated carbocycles. The van der Waals surface area contributed by atoms with Gasteiger partial charge in [-0.3, -0.25) is 9.69 Å². The van der Waals surface area contributed by atoms with Gasteiger partial charge in [-0.1, -0.05) is 43.2 Å². The summed E-state index contributed by atoms with van der Waals surface area (Å²) in [5.74, 6) is 1.52. The number of hydrogen-bond acceptors (Lipinski definition) is 5. The van der Waals surface area contributed by atoms with Crippen LogP contribution in [0.25, 0.3) is 0 Å². The van der Waals surface area contributed by atoms with Crippen molar-refractivity contribution in [1.82, 2.24) is 24.7 Å². The Morgan fingerprint density at radius 3 is 2.67 bits per heavy atom. The maximum atomic E-state index is 13.1. The van der Waals surface area contributed by atoms with Crippen LogP contribution >= 0.6 is 0 Å². The number of likely N-dealkylation sites (tertiary alicyclic amines) is 1. The Hall–Kier alpha value is -2.87. The van der Waals surface area contributed by atoms with Crippen molar-refractivity contribution in [3.63, 3.8) is 0 Å². The van der Waals surface area contributed by atoms with Gasteiger partial charge < -0.3 is 19.5 Å². The molecule has 0 radical (unpaired) electrons. The Labute approximate surface area is 237 Å². The molecule has 5 unspecified atom stereocenters. The first kappa shape index (κ1) is 26.1. The van der Waals surface area contributed by atoms with Crippen LogP contribution in [-0.4, -0.2) is 63.6 Å². The molecule has 0 bridgehead atoms. The molecule has 3 heterocycles. The summed E-state index contributed by atoms with van der Waals surface area (Å²) >= 11 is 0. The van der Waals surface area contributed by atoms with Gasteiger partial charge in [0, 0.05) is 54.7 Å². The monoisotopic (exact) mass is 545 g/mol. The van der Waals surface area contributed by atoms with E-state index in [0.29, 0.717) is 36.6 Å². The minimum Gasteiger partial charge on any atom is -0.453 e. The fraction of sp³-hybridized carbons (Fsp3) is 0.656. The van der Waals surface area contributed by atoms with E-state index in [0.717, 1.165) is 43.7 Å². The molecule has 1 N–H and O–H groups in total. The van der Waals surface area contributed by atoms with E-state index in [9.17, 15) is 9.59 Å². The molecular formula is C32H43N5O3. The number of piperidine rings is 1. The molecule has 1 spiro atoms. The lowest BCUT2D eigenvalue weighted by Crippen LogP contribution is -2.74. The van der Waals surface area contributed by atoms with E-state index in [-0.39, 0.29) is 24.0 Å². The number of nitrogens with one attached hydrogen (secondary N) is 1. The molecule has 2 amide bonds. The van der Waals surface area contributed by atoms with Crippen molar-refractivity contribution < 1.29 is 14.3 Å². The highest BCUT2D eigenvalue weighted by Crippen LogP contribution is 2.67. The zero-order chi connectivity index (χ0) is 27.4. The summed E-state index contributed by atoms with van der Waals surface area (Å²) < 4.78 is 7.49. The van der Waals surface area contributed by atoms with Crippen LogP contribution in [0.15, 0.2) is 30.3 Å². The van der Waals surface area contributed by atoms with E-state index >= 15 is 0 Å². The van der Waals surface area contributed by atoms with Crippen molar-refractivity contribution in [2.75, 3.05) is 20.2 Å². The van der Waals surface area contributed by atoms with E-state index in [4.69, 9.17) is 9.72 Å². The number of ether oxygens (including phenoxy) is 1. The van der Waals surface area contributed by atoms with E-state index in [2.05, 4.69) is 52.0 Å². The largest absolute Gasteiger partial charge is 0.453 e. The maximum absolute atomic E-state index is 13.1. The Morgan fingerprint density at radius 1 is 1.15 bits per heavy atom. The van der Waals surface area contributed by atoms with Gasteiger partial charge in [-0.05, 0) is 57.4 Å². The molecular weight excluding hydrogens is 502 g/mol. The van der Waals surface area contributed by atoms with Crippen LogP contribution < -0.4 is 5.32 Å². The number of fused-ring (bicyclic) bond motifs is 1. The summed E-state index contributed by atoms with van der Waals surface area (Å²) in [4.78, 5) is 34.7. The number of methoxy groups -OCH3 is 1. The second-order valence-corrected chi connectivity index (χ2v) is 12.9. The standard InChI is InChI=1S/C32H43N5O3/c1-21-33-26-20-35(31(39)40-2)16-14-27(26)37(21)24-18-29-32(19-24)15-12-28(32)36(29)17-13-25(22-8-4-3-5-9-22)34-30(38)23-10-6-7-11-23/h3-5,8-9,23-25,28-29H,6-7,10-20H2,1-2H3,(H,34,38). The molecule has 5 atom stereocenters. The van der Waals surface area contributed by atoms with Crippen molar-refractivity contribution in [1.29, 1.82) is 0 Å². The Balaban J connectivity index is 1.05. The van der Waals surface area contributed by atoms with Gasteiger partial charge in [0.25, 0.3) is 0 Å². The predicted octanol–water partition coefficient (Wildman–Crippen LogP) is 4.92. The molecule has 3 aliphatic carbocycles. The number of imidazole rings is 1. The third-order valence-corrected chi connectivity index (χ3v) is 11.1. The summed E-state index contributed by atoms with van der Waals surface area (Å²) in [6.07, 6.45) is 11.0. The Bertz CT molecular complexity index is 1270. The molecule has 8 heteroatoms. The molecule has 7 rings (SSSR count). The maximum Gasteiger partial charge on any atom is 0.409 e. The van der Waals surface area contributed by atoms with Gasteiger partial charge in [0.15, 0.2) is 0 Å². The molecule has 2 aliphatic heterocycles. The molecule has 2 aromatic rings. The zero-order valence-electron chi connectivity index (χ0n) is 24.0. The number of carbonyl (C=O) groups is 2. The van der Waals surface area contributed by atoms with Crippen LogP contribution in [0.5, 0.6) is 0 Å². The average molecular weight is 546 g/mol. The third kappa shape index (κ3) is 4.16. The summed E-state index contributed by atoms with van der Waals surface area (Å²) in [5.41, 5.74) is 4.04. The van der Waals surface area contributed by atoms with E-state index in [1.807, 2.05) is 0 Å². The quantitative estimate of drug-likeness (QED) is 0.534. The number of rotatable bonds is 7. The number of aryl methyl sites for hydroxylation is 1. The minimum absolute atomic E-state index is 0.0715. The van der Waals surface area contributed by atoms with E-state index < -0.39 is 0 Å². The van der Waals surface area contributed by atoms with Crippen molar-refractivity contribution in [3.05, 3.63) is 53.1 Å². The Morgan fingerprint density at radius 2 is 1.95 bits per heavy atom.